The van der Waals surface area contributed by atoms with Gasteiger partial charge in [-0.15, -0.1) is 0 Å². The maximum absolute atomic E-state index is 6.39. The van der Waals surface area contributed by atoms with Gasteiger partial charge in [-0.25, -0.2) is 0 Å². The first-order valence-corrected chi connectivity index (χ1v) is 8.25. The number of nitrogens with two attached hydrogens (primary N) is 1. The Bertz CT molecular complexity index is 252. The first-order valence-electron chi connectivity index (χ1n) is 8.25. The Morgan fingerprint density at radius 2 is 1.74 bits per heavy atom. The van der Waals surface area contributed by atoms with Crippen molar-refractivity contribution in [2.24, 2.45) is 23.0 Å². The maximum Gasteiger partial charge on any atom is 0.00870 e. The molecule has 0 amide bonds. The van der Waals surface area contributed by atoms with Gasteiger partial charge in [0, 0.05) is 18.6 Å². The summed E-state index contributed by atoms with van der Waals surface area (Å²) < 4.78 is 0. The van der Waals surface area contributed by atoms with Crippen molar-refractivity contribution in [2.45, 2.75) is 78.8 Å². The quantitative estimate of drug-likeness (QED) is 0.819. The van der Waals surface area contributed by atoms with Crippen LogP contribution in [0, 0.1) is 17.3 Å². The average molecular weight is 268 g/mol. The van der Waals surface area contributed by atoms with Gasteiger partial charge >= 0.3 is 0 Å². The first-order chi connectivity index (χ1) is 8.79. The highest BCUT2D eigenvalue weighted by atomic mass is 15.1. The van der Waals surface area contributed by atoms with E-state index < -0.39 is 0 Å². The van der Waals surface area contributed by atoms with Crippen LogP contribution in [0.5, 0.6) is 0 Å². The number of hydrogen-bond acceptors (Lipinski definition) is 2. The summed E-state index contributed by atoms with van der Waals surface area (Å²) in [5.74, 6) is 1.52. The van der Waals surface area contributed by atoms with Crippen LogP contribution in [-0.4, -0.2) is 30.6 Å². The Balaban J connectivity index is 2.60. The second-order valence-electron chi connectivity index (χ2n) is 7.71. The summed E-state index contributed by atoms with van der Waals surface area (Å²) in [5, 5.41) is 0. The minimum Gasteiger partial charge on any atom is -0.327 e. The first kappa shape index (κ1) is 17.0. The molecule has 0 aromatic heterocycles. The molecule has 0 aromatic rings. The van der Waals surface area contributed by atoms with E-state index in [1.54, 1.807) is 0 Å². The highest BCUT2D eigenvalue weighted by molar-refractivity contribution is 4.89. The lowest BCUT2D eigenvalue weighted by Gasteiger charge is -2.42. The van der Waals surface area contributed by atoms with Gasteiger partial charge in [-0.3, -0.25) is 0 Å². The summed E-state index contributed by atoms with van der Waals surface area (Å²) >= 11 is 0. The topological polar surface area (TPSA) is 29.3 Å². The van der Waals surface area contributed by atoms with Crippen LogP contribution < -0.4 is 5.73 Å². The smallest absolute Gasteiger partial charge is 0.00870 e. The molecule has 114 valence electrons. The van der Waals surface area contributed by atoms with Gasteiger partial charge in [0.25, 0.3) is 0 Å². The van der Waals surface area contributed by atoms with E-state index in [1.807, 2.05) is 0 Å². The fourth-order valence-corrected chi connectivity index (χ4v) is 3.71. The van der Waals surface area contributed by atoms with Crippen molar-refractivity contribution in [3.63, 3.8) is 0 Å². The van der Waals surface area contributed by atoms with Crippen molar-refractivity contribution < 1.29 is 0 Å². The zero-order valence-corrected chi connectivity index (χ0v) is 14.1. The van der Waals surface area contributed by atoms with Crippen LogP contribution >= 0.6 is 0 Å². The molecule has 0 aromatic carbocycles. The van der Waals surface area contributed by atoms with Crippen molar-refractivity contribution in [1.29, 1.82) is 0 Å². The second kappa shape index (κ2) is 7.08. The molecule has 0 heterocycles. The average Bonchev–Trinajstić information content (AvgIpc) is 2.32. The van der Waals surface area contributed by atoms with Crippen LogP contribution in [-0.2, 0) is 0 Å². The fraction of sp³-hybridized carbons (Fsp3) is 1.00. The Hall–Kier alpha value is -0.0800. The molecule has 2 heteroatoms. The molecule has 3 atom stereocenters. The summed E-state index contributed by atoms with van der Waals surface area (Å²) in [4.78, 5) is 2.55. The third kappa shape index (κ3) is 4.75. The van der Waals surface area contributed by atoms with E-state index in [0.29, 0.717) is 17.4 Å². The van der Waals surface area contributed by atoms with E-state index in [0.717, 1.165) is 12.0 Å². The van der Waals surface area contributed by atoms with Crippen LogP contribution in [0.25, 0.3) is 0 Å². The molecule has 2 nitrogen and oxygen atoms in total. The molecule has 0 spiro atoms. The molecule has 1 aliphatic carbocycles. The van der Waals surface area contributed by atoms with E-state index in [9.17, 15) is 0 Å². The van der Waals surface area contributed by atoms with Gasteiger partial charge in [0.1, 0.15) is 0 Å². The van der Waals surface area contributed by atoms with Gasteiger partial charge in [0.2, 0.25) is 0 Å². The van der Waals surface area contributed by atoms with Gasteiger partial charge in [-0.2, -0.15) is 0 Å². The molecule has 0 saturated heterocycles. The standard InChI is InChI=1S/C17H36N2/c1-7-15(8-2)19(6)12-13-11-14(17(3,4)5)9-10-16(13)18/h13-16H,7-12,18H2,1-6H3. The van der Waals surface area contributed by atoms with E-state index in [4.69, 9.17) is 5.73 Å². The molecule has 2 N–H and O–H groups in total. The third-order valence-corrected chi connectivity index (χ3v) is 5.35. The lowest BCUT2D eigenvalue weighted by atomic mass is 9.67. The molecule has 1 aliphatic rings. The summed E-state index contributed by atoms with van der Waals surface area (Å²) in [6.45, 7) is 12.9. The normalized spacial score (nSPS) is 29.2. The van der Waals surface area contributed by atoms with E-state index in [1.165, 1.54) is 38.6 Å². The SMILES string of the molecule is CCC(CC)N(C)CC1CC(C(C)(C)C)CCC1N. The zero-order valence-electron chi connectivity index (χ0n) is 14.1. The number of hydrogen-bond donors (Lipinski definition) is 1. The second-order valence-corrected chi connectivity index (χ2v) is 7.71. The summed E-state index contributed by atoms with van der Waals surface area (Å²) in [7, 11) is 2.28. The molecule has 0 bridgehead atoms. The molecule has 1 fully saturated rings. The Kier molecular flexibility index (Phi) is 6.32. The van der Waals surface area contributed by atoms with Gasteiger partial charge in [-0.1, -0.05) is 34.6 Å². The number of rotatable bonds is 5. The van der Waals surface area contributed by atoms with E-state index in [-0.39, 0.29) is 0 Å². The molecule has 3 unspecified atom stereocenters. The van der Waals surface area contributed by atoms with E-state index >= 15 is 0 Å². The predicted molar refractivity (Wildman–Crippen MR) is 85.3 cm³/mol. The van der Waals surface area contributed by atoms with Crippen LogP contribution in [0.3, 0.4) is 0 Å². The largest absolute Gasteiger partial charge is 0.327 e. The fourth-order valence-electron chi connectivity index (χ4n) is 3.71. The van der Waals surface area contributed by atoms with Crippen molar-refractivity contribution in [3.8, 4) is 0 Å². The monoisotopic (exact) mass is 268 g/mol. The summed E-state index contributed by atoms with van der Waals surface area (Å²) in [6, 6.07) is 1.14. The van der Waals surface area contributed by atoms with Gasteiger partial charge < -0.3 is 10.6 Å². The molecule has 19 heavy (non-hydrogen) atoms. The predicted octanol–water partition coefficient (Wildman–Crippen LogP) is 3.90. The minimum absolute atomic E-state index is 0.412. The van der Waals surface area contributed by atoms with Crippen molar-refractivity contribution in [3.05, 3.63) is 0 Å². The van der Waals surface area contributed by atoms with Crippen LogP contribution in [0.4, 0.5) is 0 Å². The van der Waals surface area contributed by atoms with Crippen molar-refractivity contribution >= 4 is 0 Å². The highest BCUT2D eigenvalue weighted by Crippen LogP contribution is 2.40. The molecular weight excluding hydrogens is 232 g/mol. The molecule has 0 radical (unpaired) electrons. The maximum atomic E-state index is 6.39. The molecule has 1 rings (SSSR count). The van der Waals surface area contributed by atoms with Crippen LogP contribution in [0.2, 0.25) is 0 Å². The Morgan fingerprint density at radius 1 is 1.16 bits per heavy atom. The Labute approximate surface area is 121 Å². The summed E-state index contributed by atoms with van der Waals surface area (Å²) in [5.41, 5.74) is 6.83. The molecule has 0 aliphatic heterocycles. The lowest BCUT2D eigenvalue weighted by Crippen LogP contribution is -2.46. The minimum atomic E-state index is 0.412. The summed E-state index contributed by atoms with van der Waals surface area (Å²) in [6.07, 6.45) is 6.34. The van der Waals surface area contributed by atoms with Gasteiger partial charge in [0.15, 0.2) is 0 Å². The Morgan fingerprint density at radius 3 is 2.21 bits per heavy atom. The molecule has 1 saturated carbocycles. The van der Waals surface area contributed by atoms with Gasteiger partial charge in [-0.05, 0) is 56.4 Å². The van der Waals surface area contributed by atoms with Crippen LogP contribution in [0.15, 0.2) is 0 Å². The lowest BCUT2D eigenvalue weighted by molar-refractivity contribution is 0.0924. The highest BCUT2D eigenvalue weighted by Gasteiger charge is 2.35. The number of nitrogens with zero attached hydrogens (tertiary/aromatic N) is 1. The van der Waals surface area contributed by atoms with Gasteiger partial charge in [0.05, 0.1) is 0 Å². The zero-order chi connectivity index (χ0) is 14.6. The molecular formula is C17H36N2. The van der Waals surface area contributed by atoms with E-state index in [2.05, 4.69) is 46.6 Å². The van der Waals surface area contributed by atoms with Crippen molar-refractivity contribution in [2.75, 3.05) is 13.6 Å². The third-order valence-electron chi connectivity index (χ3n) is 5.35. The van der Waals surface area contributed by atoms with Crippen LogP contribution in [0.1, 0.15) is 66.7 Å². The van der Waals surface area contributed by atoms with Crippen molar-refractivity contribution in [1.82, 2.24) is 4.90 Å².